The first-order valence-electron chi connectivity index (χ1n) is 7.13. The van der Waals surface area contributed by atoms with E-state index in [4.69, 9.17) is 5.11 Å². The molecule has 6 heteroatoms. The van der Waals surface area contributed by atoms with Crippen LogP contribution >= 0.6 is 0 Å². The molecule has 0 aliphatic carbocycles. The van der Waals surface area contributed by atoms with E-state index < -0.39 is 16.0 Å². The number of aromatic carboxylic acids is 1. The topological polar surface area (TPSA) is 74.7 Å². The molecule has 21 heavy (non-hydrogen) atoms. The summed E-state index contributed by atoms with van der Waals surface area (Å²) in [4.78, 5) is 10.8. The minimum Gasteiger partial charge on any atom is -0.478 e. The van der Waals surface area contributed by atoms with Crippen LogP contribution in [0.4, 0.5) is 0 Å². The lowest BCUT2D eigenvalue weighted by molar-refractivity contribution is 0.0697. The summed E-state index contributed by atoms with van der Waals surface area (Å²) in [5, 5.41) is 8.85. The van der Waals surface area contributed by atoms with Crippen LogP contribution in [0.25, 0.3) is 0 Å². The number of hydrogen-bond donors (Lipinski definition) is 1. The largest absolute Gasteiger partial charge is 0.478 e. The second-order valence-electron chi connectivity index (χ2n) is 5.73. The normalized spacial score (nSPS) is 23.9. The Kier molecular flexibility index (Phi) is 4.68. The van der Waals surface area contributed by atoms with Gasteiger partial charge in [-0.1, -0.05) is 19.1 Å². The number of piperidine rings is 1. The molecule has 0 saturated carbocycles. The first kappa shape index (κ1) is 16.0. The third kappa shape index (κ3) is 3.63. The molecule has 1 N–H and O–H groups in total. The van der Waals surface area contributed by atoms with Gasteiger partial charge in [-0.25, -0.2) is 13.2 Å². The lowest BCUT2D eigenvalue weighted by atomic mass is 9.94. The van der Waals surface area contributed by atoms with E-state index in [1.54, 1.807) is 16.4 Å². The molecule has 5 nitrogen and oxygen atoms in total. The van der Waals surface area contributed by atoms with Crippen LogP contribution in [-0.4, -0.2) is 36.4 Å². The van der Waals surface area contributed by atoms with Crippen molar-refractivity contribution in [2.45, 2.75) is 38.5 Å². The highest BCUT2D eigenvalue weighted by Gasteiger charge is 2.33. The van der Waals surface area contributed by atoms with Gasteiger partial charge in [-0.3, -0.25) is 0 Å². The van der Waals surface area contributed by atoms with Gasteiger partial charge in [0.2, 0.25) is 10.0 Å². The molecular formula is C15H21NO4S. The Balaban J connectivity index is 2.15. The predicted octanol–water partition coefficient (Wildman–Crippen LogP) is 2.34. The maximum Gasteiger partial charge on any atom is 0.335 e. The lowest BCUT2D eigenvalue weighted by Crippen LogP contribution is -2.46. The van der Waals surface area contributed by atoms with Crippen LogP contribution < -0.4 is 0 Å². The van der Waals surface area contributed by atoms with E-state index in [2.05, 4.69) is 6.92 Å². The van der Waals surface area contributed by atoms with Crippen LogP contribution in [0.5, 0.6) is 0 Å². The van der Waals surface area contributed by atoms with Gasteiger partial charge in [-0.15, -0.1) is 0 Å². The number of carbonyl (C=O) groups is 1. The molecule has 2 unspecified atom stereocenters. The highest BCUT2D eigenvalue weighted by molar-refractivity contribution is 7.88. The third-order valence-electron chi connectivity index (χ3n) is 4.22. The highest BCUT2D eigenvalue weighted by atomic mass is 32.2. The Morgan fingerprint density at radius 2 is 1.90 bits per heavy atom. The number of carboxylic acids is 1. The third-order valence-corrected chi connectivity index (χ3v) is 6.15. The fourth-order valence-corrected chi connectivity index (χ4v) is 4.63. The number of benzene rings is 1. The molecular weight excluding hydrogens is 290 g/mol. The van der Waals surface area contributed by atoms with E-state index in [-0.39, 0.29) is 17.4 Å². The lowest BCUT2D eigenvalue weighted by Gasteiger charge is -2.36. The summed E-state index contributed by atoms with van der Waals surface area (Å²) >= 11 is 0. The van der Waals surface area contributed by atoms with Crippen LogP contribution in [-0.2, 0) is 15.8 Å². The summed E-state index contributed by atoms with van der Waals surface area (Å²) in [6.07, 6.45) is 1.95. The Hall–Kier alpha value is -1.40. The standard InChI is InChI=1S/C15H21NO4S/c1-11-4-3-9-16(12(11)2)21(19,20)10-13-5-7-14(8-6-13)15(17)18/h5-8,11-12H,3-4,9-10H2,1-2H3,(H,17,18). The Labute approximate surface area is 125 Å². The minimum absolute atomic E-state index is 0.0158. The molecule has 0 amide bonds. The zero-order valence-electron chi connectivity index (χ0n) is 12.3. The number of sulfonamides is 1. The van der Waals surface area contributed by atoms with E-state index in [1.165, 1.54) is 12.1 Å². The fourth-order valence-electron chi connectivity index (χ4n) is 2.73. The Morgan fingerprint density at radius 3 is 2.48 bits per heavy atom. The maximum absolute atomic E-state index is 12.5. The van der Waals surface area contributed by atoms with Crippen molar-refractivity contribution in [3.05, 3.63) is 35.4 Å². The first-order valence-corrected chi connectivity index (χ1v) is 8.74. The van der Waals surface area contributed by atoms with Crippen LogP contribution in [0.1, 0.15) is 42.6 Å². The summed E-state index contributed by atoms with van der Waals surface area (Å²) in [5.74, 6) is -0.727. The summed E-state index contributed by atoms with van der Waals surface area (Å²) < 4.78 is 26.7. The van der Waals surface area contributed by atoms with Crippen molar-refractivity contribution in [1.82, 2.24) is 4.31 Å². The minimum atomic E-state index is -3.37. The quantitative estimate of drug-likeness (QED) is 0.926. The van der Waals surface area contributed by atoms with E-state index in [0.717, 1.165) is 12.8 Å². The molecule has 1 aliphatic rings. The highest BCUT2D eigenvalue weighted by Crippen LogP contribution is 2.26. The second kappa shape index (κ2) is 6.15. The molecule has 1 fully saturated rings. The SMILES string of the molecule is CC1CCCN(S(=O)(=O)Cc2ccc(C(=O)O)cc2)C1C. The van der Waals surface area contributed by atoms with Gasteiger partial charge in [0.15, 0.2) is 0 Å². The first-order chi connectivity index (χ1) is 9.81. The molecule has 0 bridgehead atoms. The molecule has 1 aromatic rings. The van der Waals surface area contributed by atoms with Gasteiger partial charge in [-0.05, 0) is 43.4 Å². The zero-order valence-corrected chi connectivity index (χ0v) is 13.1. The van der Waals surface area contributed by atoms with Gasteiger partial charge in [0.25, 0.3) is 0 Å². The molecule has 2 rings (SSSR count). The van der Waals surface area contributed by atoms with Crippen molar-refractivity contribution < 1.29 is 18.3 Å². The zero-order chi connectivity index (χ0) is 15.6. The molecule has 116 valence electrons. The molecule has 0 aromatic heterocycles. The molecule has 1 saturated heterocycles. The van der Waals surface area contributed by atoms with Gasteiger partial charge >= 0.3 is 5.97 Å². The monoisotopic (exact) mass is 311 g/mol. The number of nitrogens with zero attached hydrogens (tertiary/aromatic N) is 1. The average molecular weight is 311 g/mol. The molecule has 1 heterocycles. The predicted molar refractivity (Wildman–Crippen MR) is 80.6 cm³/mol. The van der Waals surface area contributed by atoms with E-state index in [9.17, 15) is 13.2 Å². The van der Waals surface area contributed by atoms with Crippen LogP contribution in [0.15, 0.2) is 24.3 Å². The number of rotatable bonds is 4. The van der Waals surface area contributed by atoms with Crippen LogP contribution in [0, 0.1) is 5.92 Å². The van der Waals surface area contributed by atoms with Gasteiger partial charge in [-0.2, -0.15) is 4.31 Å². The van der Waals surface area contributed by atoms with E-state index in [1.807, 2.05) is 6.92 Å². The van der Waals surface area contributed by atoms with Gasteiger partial charge in [0.05, 0.1) is 11.3 Å². The molecule has 0 radical (unpaired) electrons. The average Bonchev–Trinajstić information content (AvgIpc) is 2.41. The molecule has 1 aromatic carbocycles. The second-order valence-corrected chi connectivity index (χ2v) is 7.65. The molecule has 2 atom stereocenters. The van der Waals surface area contributed by atoms with Crippen molar-refractivity contribution in [1.29, 1.82) is 0 Å². The maximum atomic E-state index is 12.5. The van der Waals surface area contributed by atoms with Crippen molar-refractivity contribution in [2.75, 3.05) is 6.54 Å². The van der Waals surface area contributed by atoms with E-state index >= 15 is 0 Å². The van der Waals surface area contributed by atoms with Crippen LogP contribution in [0.3, 0.4) is 0 Å². The number of hydrogen-bond acceptors (Lipinski definition) is 3. The van der Waals surface area contributed by atoms with E-state index in [0.29, 0.717) is 18.0 Å². The van der Waals surface area contributed by atoms with Crippen molar-refractivity contribution in [2.24, 2.45) is 5.92 Å². The Bertz CT molecular complexity index is 609. The molecule has 0 spiro atoms. The van der Waals surface area contributed by atoms with Gasteiger partial charge in [0, 0.05) is 12.6 Å². The smallest absolute Gasteiger partial charge is 0.335 e. The molecule has 1 aliphatic heterocycles. The van der Waals surface area contributed by atoms with Gasteiger partial charge < -0.3 is 5.11 Å². The van der Waals surface area contributed by atoms with Crippen molar-refractivity contribution >= 4 is 16.0 Å². The van der Waals surface area contributed by atoms with Crippen molar-refractivity contribution in [3.63, 3.8) is 0 Å². The summed E-state index contributed by atoms with van der Waals surface area (Å²) in [6.45, 7) is 4.60. The summed E-state index contributed by atoms with van der Waals surface area (Å²) in [5.41, 5.74) is 0.779. The number of carboxylic acid groups (broad SMARTS) is 1. The summed E-state index contributed by atoms with van der Waals surface area (Å²) in [7, 11) is -3.37. The summed E-state index contributed by atoms with van der Waals surface area (Å²) in [6, 6.07) is 6.03. The van der Waals surface area contributed by atoms with Crippen LogP contribution in [0.2, 0.25) is 0 Å². The fraction of sp³-hybridized carbons (Fsp3) is 0.533. The van der Waals surface area contributed by atoms with Gasteiger partial charge in [0.1, 0.15) is 0 Å². The Morgan fingerprint density at radius 1 is 1.29 bits per heavy atom. The van der Waals surface area contributed by atoms with Crippen molar-refractivity contribution in [3.8, 4) is 0 Å².